The second kappa shape index (κ2) is 6.40. The van der Waals surface area contributed by atoms with Gasteiger partial charge in [-0.3, -0.25) is 0 Å². The molecule has 3 nitrogen and oxygen atoms in total. The van der Waals surface area contributed by atoms with Crippen LogP contribution < -0.4 is 9.47 Å². The molecule has 0 unspecified atom stereocenters. The zero-order valence-corrected chi connectivity index (χ0v) is 14.4. The van der Waals surface area contributed by atoms with Crippen molar-refractivity contribution in [1.29, 1.82) is 0 Å². The smallest absolute Gasteiger partial charge is 0.231 e. The number of benzene rings is 1. The number of halogens is 1. The molecule has 1 saturated heterocycles. The Morgan fingerprint density at radius 2 is 1.77 bits per heavy atom. The topological polar surface area (TPSA) is 27.7 Å². The number of hydrogen-bond acceptors (Lipinski definition) is 3. The zero-order chi connectivity index (χ0) is 14.9. The number of rotatable bonds is 2. The van der Waals surface area contributed by atoms with Crippen LogP contribution >= 0.6 is 15.9 Å². The van der Waals surface area contributed by atoms with E-state index in [0.29, 0.717) is 17.7 Å². The van der Waals surface area contributed by atoms with Gasteiger partial charge >= 0.3 is 0 Å². The average molecular weight is 367 g/mol. The molecule has 0 aromatic heterocycles. The molecule has 3 atom stereocenters. The largest absolute Gasteiger partial charge is 0.454 e. The summed E-state index contributed by atoms with van der Waals surface area (Å²) in [6.07, 6.45) is 9.53. The van der Waals surface area contributed by atoms with E-state index < -0.39 is 0 Å². The molecule has 1 aromatic rings. The summed E-state index contributed by atoms with van der Waals surface area (Å²) in [5.74, 6) is 2.44. The predicted octanol–water partition coefficient (Wildman–Crippen LogP) is 4.98. The van der Waals surface area contributed by atoms with Crippen LogP contribution in [0, 0.1) is 5.92 Å². The third-order valence-corrected chi connectivity index (χ3v) is 5.99. The Morgan fingerprint density at radius 1 is 0.955 bits per heavy atom. The van der Waals surface area contributed by atoms with Crippen LogP contribution in [-0.2, 0) is 4.74 Å². The van der Waals surface area contributed by atoms with E-state index in [0.717, 1.165) is 30.3 Å². The van der Waals surface area contributed by atoms with E-state index in [1.165, 1.54) is 37.7 Å². The molecule has 4 rings (SSSR count). The SMILES string of the molecule is Br[C@H]1C[C@@H](C2CCCCC2)O[C@@H](c2ccc3c(c2)OCO3)C1. The van der Waals surface area contributed by atoms with Crippen molar-refractivity contribution in [1.82, 2.24) is 0 Å². The van der Waals surface area contributed by atoms with Crippen LogP contribution in [-0.4, -0.2) is 17.7 Å². The monoisotopic (exact) mass is 366 g/mol. The molecule has 0 radical (unpaired) electrons. The Bertz CT molecular complexity index is 527. The molecule has 2 heterocycles. The molecule has 2 fully saturated rings. The van der Waals surface area contributed by atoms with Crippen molar-refractivity contribution in [2.45, 2.75) is 62.0 Å². The number of ether oxygens (including phenoxy) is 3. The van der Waals surface area contributed by atoms with E-state index in [4.69, 9.17) is 14.2 Å². The Balaban J connectivity index is 1.51. The van der Waals surface area contributed by atoms with Gasteiger partial charge in [-0.25, -0.2) is 0 Å². The Labute approximate surface area is 140 Å². The van der Waals surface area contributed by atoms with Gasteiger partial charge in [0.25, 0.3) is 0 Å². The molecule has 3 aliphatic rings. The maximum atomic E-state index is 6.52. The summed E-state index contributed by atoms with van der Waals surface area (Å²) in [6.45, 7) is 0.329. The minimum atomic E-state index is 0.166. The standard InChI is InChI=1S/C18H23BrO3/c19-14-9-16(12-4-2-1-3-5-12)22-17(10-14)13-6-7-15-18(8-13)21-11-20-15/h6-8,12,14,16-17H,1-5,9-11H2/t14-,16-,17+/m0/s1. The van der Waals surface area contributed by atoms with Gasteiger partial charge in [-0.15, -0.1) is 0 Å². The van der Waals surface area contributed by atoms with E-state index in [2.05, 4.69) is 28.1 Å². The van der Waals surface area contributed by atoms with Gasteiger partial charge < -0.3 is 14.2 Å². The Kier molecular flexibility index (Phi) is 4.32. The van der Waals surface area contributed by atoms with Gasteiger partial charge in [0, 0.05) is 4.83 Å². The first-order chi connectivity index (χ1) is 10.8. The first-order valence-corrected chi connectivity index (χ1v) is 9.40. The molecule has 0 amide bonds. The Morgan fingerprint density at radius 3 is 2.64 bits per heavy atom. The fourth-order valence-electron chi connectivity index (χ4n) is 4.04. The summed E-state index contributed by atoms with van der Waals surface area (Å²) in [4.78, 5) is 0.545. The molecular formula is C18H23BrO3. The zero-order valence-electron chi connectivity index (χ0n) is 12.8. The van der Waals surface area contributed by atoms with E-state index in [1.807, 2.05) is 6.07 Å². The van der Waals surface area contributed by atoms with Gasteiger partial charge in [0.1, 0.15) is 0 Å². The highest BCUT2D eigenvalue weighted by Crippen LogP contribution is 2.43. The van der Waals surface area contributed by atoms with Crippen molar-refractivity contribution in [3.8, 4) is 11.5 Å². The van der Waals surface area contributed by atoms with Crippen molar-refractivity contribution in [2.75, 3.05) is 6.79 Å². The molecular weight excluding hydrogens is 344 g/mol. The van der Waals surface area contributed by atoms with E-state index >= 15 is 0 Å². The van der Waals surface area contributed by atoms with Crippen LogP contribution in [0.2, 0.25) is 0 Å². The van der Waals surface area contributed by atoms with Crippen LogP contribution in [0.15, 0.2) is 18.2 Å². The number of hydrogen-bond donors (Lipinski definition) is 0. The third kappa shape index (κ3) is 3.00. The first kappa shape index (κ1) is 14.8. The van der Waals surface area contributed by atoms with Gasteiger partial charge in [0.2, 0.25) is 6.79 Å². The van der Waals surface area contributed by atoms with Gasteiger partial charge in [0.15, 0.2) is 11.5 Å². The summed E-state index contributed by atoms with van der Waals surface area (Å²) in [6, 6.07) is 6.23. The highest BCUT2D eigenvalue weighted by atomic mass is 79.9. The number of alkyl halides is 1. The van der Waals surface area contributed by atoms with Crippen LogP contribution in [0.4, 0.5) is 0 Å². The Hall–Kier alpha value is -0.740. The van der Waals surface area contributed by atoms with Gasteiger partial charge in [-0.1, -0.05) is 41.3 Å². The van der Waals surface area contributed by atoms with Crippen molar-refractivity contribution < 1.29 is 14.2 Å². The van der Waals surface area contributed by atoms with E-state index in [1.54, 1.807) is 0 Å². The summed E-state index contributed by atoms with van der Waals surface area (Å²) in [5.41, 5.74) is 1.22. The van der Waals surface area contributed by atoms with Crippen LogP contribution in [0.25, 0.3) is 0 Å². The quantitative estimate of drug-likeness (QED) is 0.690. The third-order valence-electron chi connectivity index (χ3n) is 5.24. The normalized spacial score (nSPS) is 32.1. The lowest BCUT2D eigenvalue weighted by atomic mass is 9.82. The minimum Gasteiger partial charge on any atom is -0.454 e. The maximum absolute atomic E-state index is 6.52. The second-order valence-corrected chi connectivity index (χ2v) is 8.04. The summed E-state index contributed by atoms with van der Waals surface area (Å²) in [7, 11) is 0. The van der Waals surface area contributed by atoms with Crippen molar-refractivity contribution in [3.63, 3.8) is 0 Å². The average Bonchev–Trinajstić information content (AvgIpc) is 3.02. The summed E-state index contributed by atoms with van der Waals surface area (Å²) in [5, 5.41) is 0. The second-order valence-electron chi connectivity index (χ2n) is 6.74. The van der Waals surface area contributed by atoms with Crippen molar-refractivity contribution in [3.05, 3.63) is 23.8 Å². The van der Waals surface area contributed by atoms with Crippen LogP contribution in [0.3, 0.4) is 0 Å². The molecule has 2 aliphatic heterocycles. The molecule has 4 heteroatoms. The highest BCUT2D eigenvalue weighted by Gasteiger charge is 2.34. The van der Waals surface area contributed by atoms with Crippen molar-refractivity contribution >= 4 is 15.9 Å². The number of fused-ring (bicyclic) bond motifs is 1. The van der Waals surface area contributed by atoms with E-state index in [9.17, 15) is 0 Å². The van der Waals surface area contributed by atoms with Gasteiger partial charge in [0.05, 0.1) is 12.2 Å². The predicted molar refractivity (Wildman–Crippen MR) is 88.7 cm³/mol. The highest BCUT2D eigenvalue weighted by molar-refractivity contribution is 9.09. The molecule has 1 aromatic carbocycles. The fourth-order valence-corrected chi connectivity index (χ4v) is 4.75. The minimum absolute atomic E-state index is 0.166. The van der Waals surface area contributed by atoms with Crippen LogP contribution in [0.5, 0.6) is 11.5 Å². The molecule has 1 saturated carbocycles. The molecule has 1 aliphatic carbocycles. The molecule has 0 N–H and O–H groups in total. The molecule has 0 spiro atoms. The summed E-state index contributed by atoms with van der Waals surface area (Å²) < 4.78 is 17.4. The van der Waals surface area contributed by atoms with Gasteiger partial charge in [-0.2, -0.15) is 0 Å². The maximum Gasteiger partial charge on any atom is 0.231 e. The fraction of sp³-hybridized carbons (Fsp3) is 0.667. The molecule has 120 valence electrons. The lowest BCUT2D eigenvalue weighted by Gasteiger charge is -2.39. The first-order valence-electron chi connectivity index (χ1n) is 8.48. The lowest BCUT2D eigenvalue weighted by Crippen LogP contribution is -2.35. The molecule has 22 heavy (non-hydrogen) atoms. The lowest BCUT2D eigenvalue weighted by molar-refractivity contribution is -0.0828. The van der Waals surface area contributed by atoms with E-state index in [-0.39, 0.29) is 6.10 Å². The molecule has 0 bridgehead atoms. The summed E-state index contributed by atoms with van der Waals surface area (Å²) >= 11 is 3.86. The van der Waals surface area contributed by atoms with Gasteiger partial charge in [-0.05, 0) is 49.3 Å². The van der Waals surface area contributed by atoms with Crippen molar-refractivity contribution in [2.24, 2.45) is 5.92 Å². The van der Waals surface area contributed by atoms with Crippen LogP contribution in [0.1, 0.15) is 56.6 Å².